The molecule has 2 heterocycles. The first kappa shape index (κ1) is 21.3. The molecule has 1 aliphatic carbocycles. The first-order valence-corrected chi connectivity index (χ1v) is 10.7. The van der Waals surface area contributed by atoms with Crippen LogP contribution in [0, 0.1) is 5.92 Å². The van der Waals surface area contributed by atoms with Crippen LogP contribution in [0.4, 0.5) is 4.79 Å². The Balaban J connectivity index is 1.53. The van der Waals surface area contributed by atoms with Gasteiger partial charge < -0.3 is 15.2 Å². The van der Waals surface area contributed by atoms with Crippen molar-refractivity contribution in [2.45, 2.75) is 45.2 Å². The summed E-state index contributed by atoms with van der Waals surface area (Å²) >= 11 is 6.01. The van der Waals surface area contributed by atoms with Crippen molar-refractivity contribution < 1.29 is 14.4 Å². The number of halogens is 1. The van der Waals surface area contributed by atoms with Gasteiger partial charge in [-0.1, -0.05) is 18.5 Å². The number of carbonyl (C=O) groups excluding carboxylic acids is 3. The highest BCUT2D eigenvalue weighted by atomic mass is 35.5. The van der Waals surface area contributed by atoms with E-state index >= 15 is 0 Å². The molecule has 1 aromatic heterocycles. The predicted molar refractivity (Wildman–Crippen MR) is 114 cm³/mol. The van der Waals surface area contributed by atoms with Crippen molar-refractivity contribution in [3.8, 4) is 0 Å². The zero-order valence-corrected chi connectivity index (χ0v) is 18.2. The molecule has 1 aromatic carbocycles. The number of fused-ring (bicyclic) bond motifs is 1. The van der Waals surface area contributed by atoms with Gasteiger partial charge in [-0.05, 0) is 50.3 Å². The molecule has 1 aliphatic heterocycles. The number of imide groups is 1. The molecule has 1 saturated heterocycles. The molecule has 1 atom stereocenters. The number of urea groups is 1. The maximum Gasteiger partial charge on any atom is 0.325 e. The molecule has 0 radical (unpaired) electrons. The third kappa shape index (κ3) is 4.01. The molecule has 4 rings (SSSR count). The van der Waals surface area contributed by atoms with Crippen LogP contribution in [-0.4, -0.2) is 56.2 Å². The van der Waals surface area contributed by atoms with Gasteiger partial charge in [0.2, 0.25) is 5.91 Å². The molecular weight excluding hydrogens is 422 g/mol. The maximum absolute atomic E-state index is 13.0. The van der Waals surface area contributed by atoms with E-state index in [2.05, 4.69) is 15.3 Å². The summed E-state index contributed by atoms with van der Waals surface area (Å²) in [6, 6.07) is 4.25. The predicted octanol–water partition coefficient (Wildman–Crippen LogP) is 2.04. The molecular formula is C21H24ClN5O4. The van der Waals surface area contributed by atoms with Crippen LogP contribution in [0.25, 0.3) is 10.9 Å². The van der Waals surface area contributed by atoms with Gasteiger partial charge in [-0.3, -0.25) is 19.3 Å². The second-order valence-electron chi connectivity index (χ2n) is 8.29. The van der Waals surface area contributed by atoms with Gasteiger partial charge in [0.25, 0.3) is 11.5 Å². The number of hydrogen-bond acceptors (Lipinski definition) is 5. The van der Waals surface area contributed by atoms with Crippen LogP contribution in [0.15, 0.2) is 23.0 Å². The Morgan fingerprint density at radius 1 is 1.32 bits per heavy atom. The highest BCUT2D eigenvalue weighted by Gasteiger charge is 2.56. The molecule has 31 heavy (non-hydrogen) atoms. The molecule has 0 bridgehead atoms. The minimum absolute atomic E-state index is 0.0495. The second kappa shape index (κ2) is 7.96. The number of carbonyl (C=O) groups is 3. The van der Waals surface area contributed by atoms with E-state index in [9.17, 15) is 19.2 Å². The van der Waals surface area contributed by atoms with E-state index in [1.165, 1.54) is 4.90 Å². The lowest BCUT2D eigenvalue weighted by Crippen LogP contribution is -2.47. The molecule has 9 nitrogen and oxygen atoms in total. The Hall–Kier alpha value is -2.94. The van der Waals surface area contributed by atoms with Crippen LogP contribution >= 0.6 is 11.6 Å². The number of benzene rings is 1. The monoisotopic (exact) mass is 445 g/mol. The Morgan fingerprint density at radius 3 is 2.74 bits per heavy atom. The Bertz CT molecular complexity index is 1130. The highest BCUT2D eigenvalue weighted by molar-refractivity contribution is 6.31. The SMILES string of the molecule is CCCN(Cc1nc2cc(Cl)ccc2c(=O)[nH]1)C(=O)CN1C(=O)NC(C)(C2CC2)C1=O. The van der Waals surface area contributed by atoms with E-state index in [1.807, 2.05) is 6.92 Å². The van der Waals surface area contributed by atoms with Crippen LogP contribution in [0.2, 0.25) is 5.02 Å². The molecule has 1 unspecified atom stereocenters. The average Bonchev–Trinajstić information content (AvgIpc) is 3.53. The number of nitrogens with one attached hydrogen (secondary N) is 2. The van der Waals surface area contributed by atoms with Crippen molar-refractivity contribution >= 4 is 40.3 Å². The third-order valence-corrected chi connectivity index (χ3v) is 6.13. The Kier molecular flexibility index (Phi) is 5.47. The fourth-order valence-electron chi connectivity index (χ4n) is 4.01. The van der Waals surface area contributed by atoms with E-state index in [4.69, 9.17) is 11.6 Å². The van der Waals surface area contributed by atoms with Gasteiger partial charge in [0.05, 0.1) is 17.4 Å². The zero-order valence-electron chi connectivity index (χ0n) is 17.4. The summed E-state index contributed by atoms with van der Waals surface area (Å²) in [6.07, 6.45) is 2.43. The largest absolute Gasteiger partial charge is 0.334 e. The van der Waals surface area contributed by atoms with Crippen molar-refractivity contribution in [1.29, 1.82) is 0 Å². The molecule has 10 heteroatoms. The smallest absolute Gasteiger partial charge is 0.325 e. The highest BCUT2D eigenvalue weighted by Crippen LogP contribution is 2.42. The lowest BCUT2D eigenvalue weighted by atomic mass is 9.96. The topological polar surface area (TPSA) is 115 Å². The molecule has 2 fully saturated rings. The second-order valence-corrected chi connectivity index (χ2v) is 8.72. The standard InChI is InChI=1S/C21H24ClN5O4/c1-3-8-26(10-16-23-15-9-13(22)6-7-14(15)18(29)24-16)17(28)11-27-19(30)21(2,12-4-5-12)25-20(27)31/h6-7,9,12H,3-5,8,10-11H2,1-2H3,(H,25,31)(H,23,24,29). The number of aromatic amines is 1. The van der Waals surface area contributed by atoms with E-state index in [0.717, 1.165) is 17.7 Å². The van der Waals surface area contributed by atoms with Gasteiger partial charge in [0, 0.05) is 11.6 Å². The first-order chi connectivity index (χ1) is 14.7. The fraction of sp³-hybridized carbons (Fsp3) is 0.476. The summed E-state index contributed by atoms with van der Waals surface area (Å²) in [4.78, 5) is 60.2. The van der Waals surface area contributed by atoms with Crippen LogP contribution < -0.4 is 10.9 Å². The fourth-order valence-corrected chi connectivity index (χ4v) is 4.18. The van der Waals surface area contributed by atoms with Gasteiger partial charge in [-0.15, -0.1) is 0 Å². The summed E-state index contributed by atoms with van der Waals surface area (Å²) in [5, 5.41) is 3.60. The van der Waals surface area contributed by atoms with Gasteiger partial charge in [0.15, 0.2) is 0 Å². The number of aromatic nitrogens is 2. The van der Waals surface area contributed by atoms with Crippen LogP contribution in [0.3, 0.4) is 0 Å². The van der Waals surface area contributed by atoms with E-state index in [0.29, 0.717) is 34.7 Å². The summed E-state index contributed by atoms with van der Waals surface area (Å²) in [5.41, 5.74) is -0.823. The van der Waals surface area contributed by atoms with Crippen LogP contribution in [0.1, 0.15) is 38.9 Å². The lowest BCUT2D eigenvalue weighted by Gasteiger charge is -2.24. The minimum Gasteiger partial charge on any atom is -0.334 e. The number of hydrogen-bond donors (Lipinski definition) is 2. The summed E-state index contributed by atoms with van der Waals surface area (Å²) in [6.45, 7) is 3.72. The van der Waals surface area contributed by atoms with E-state index in [1.54, 1.807) is 25.1 Å². The quantitative estimate of drug-likeness (QED) is 0.633. The van der Waals surface area contributed by atoms with Gasteiger partial charge in [0.1, 0.15) is 17.9 Å². The zero-order chi connectivity index (χ0) is 22.3. The van der Waals surface area contributed by atoms with Gasteiger partial charge >= 0.3 is 6.03 Å². The molecule has 1 saturated carbocycles. The van der Waals surface area contributed by atoms with Gasteiger partial charge in [-0.2, -0.15) is 0 Å². The van der Waals surface area contributed by atoms with Crippen molar-refractivity contribution in [3.05, 3.63) is 39.4 Å². The first-order valence-electron chi connectivity index (χ1n) is 10.3. The molecule has 0 spiro atoms. The van der Waals surface area contributed by atoms with Gasteiger partial charge in [-0.25, -0.2) is 9.78 Å². The summed E-state index contributed by atoms with van der Waals surface area (Å²) < 4.78 is 0. The third-order valence-electron chi connectivity index (χ3n) is 5.89. The normalized spacial score (nSPS) is 20.9. The molecule has 2 aromatic rings. The lowest BCUT2D eigenvalue weighted by molar-refractivity contribution is -0.139. The number of rotatable bonds is 7. The molecule has 2 N–H and O–H groups in total. The average molecular weight is 446 g/mol. The number of nitrogens with zero attached hydrogens (tertiary/aromatic N) is 3. The molecule has 2 aliphatic rings. The number of H-pyrrole nitrogens is 1. The van der Waals surface area contributed by atoms with Crippen molar-refractivity contribution in [2.24, 2.45) is 5.92 Å². The van der Waals surface area contributed by atoms with Crippen LogP contribution in [0.5, 0.6) is 0 Å². The summed E-state index contributed by atoms with van der Waals surface area (Å²) in [7, 11) is 0. The maximum atomic E-state index is 13.0. The van der Waals surface area contributed by atoms with Crippen molar-refractivity contribution in [3.63, 3.8) is 0 Å². The Morgan fingerprint density at radius 2 is 2.06 bits per heavy atom. The van der Waals surface area contributed by atoms with E-state index in [-0.39, 0.29) is 36.4 Å². The molecule has 4 amide bonds. The van der Waals surface area contributed by atoms with Crippen LogP contribution in [-0.2, 0) is 16.1 Å². The molecule has 164 valence electrons. The summed E-state index contributed by atoms with van der Waals surface area (Å²) in [5.74, 6) is -0.327. The van der Waals surface area contributed by atoms with Crippen molar-refractivity contribution in [2.75, 3.05) is 13.1 Å². The Labute approximate surface area is 183 Å². The minimum atomic E-state index is -0.933. The van der Waals surface area contributed by atoms with Crippen molar-refractivity contribution in [1.82, 2.24) is 25.1 Å². The number of amides is 4. The van der Waals surface area contributed by atoms with E-state index < -0.39 is 11.6 Å².